The summed E-state index contributed by atoms with van der Waals surface area (Å²) in [6, 6.07) is 15.5. The van der Waals surface area contributed by atoms with E-state index in [1.807, 2.05) is 18.2 Å². The number of ether oxygens (including phenoxy) is 1. The van der Waals surface area contributed by atoms with E-state index in [0.29, 0.717) is 47.6 Å². The highest BCUT2D eigenvalue weighted by Gasteiger charge is 2.32. The fraction of sp³-hybridized carbons (Fsp3) is 0.400. The molecule has 1 atom stereocenters. The van der Waals surface area contributed by atoms with Gasteiger partial charge in [-0.2, -0.15) is 0 Å². The molecule has 2 aliphatic rings. The smallest absolute Gasteiger partial charge is 0.354 e. The summed E-state index contributed by atoms with van der Waals surface area (Å²) in [5.74, 6) is 0.965. The third-order valence-corrected chi connectivity index (χ3v) is 8.26. The SMILES string of the molecule is CC1CCC(Cn2c(N3CCOC[C@H]3c3ccccc3)nc3cc(C(=O)O)nc(-c4ccc(Cl)cn4)c32)CC1. The standard InChI is InChI=1S/C30H32ClN5O3/c1-19-7-9-20(10-8-19)17-36-28-24(15-25(29(37)38)33-27(28)23-12-11-22(31)16-32-23)34-30(36)35-13-14-39-18-26(35)21-5-3-2-4-6-21/h2-6,11-12,15-16,19-20,26H,7-10,13-14,17-18H2,1H3,(H,37,38)/t19?,20?,26-/m0/s1. The van der Waals surface area contributed by atoms with E-state index in [4.69, 9.17) is 21.3 Å². The van der Waals surface area contributed by atoms with Crippen LogP contribution in [0.4, 0.5) is 5.95 Å². The van der Waals surface area contributed by atoms with Gasteiger partial charge in [0.1, 0.15) is 5.69 Å². The number of anilines is 1. The van der Waals surface area contributed by atoms with Crippen LogP contribution < -0.4 is 4.90 Å². The van der Waals surface area contributed by atoms with Gasteiger partial charge >= 0.3 is 5.97 Å². The van der Waals surface area contributed by atoms with Crippen LogP contribution in [0.3, 0.4) is 0 Å². The van der Waals surface area contributed by atoms with Crippen LogP contribution in [0, 0.1) is 11.8 Å². The minimum absolute atomic E-state index is 0.00843. The van der Waals surface area contributed by atoms with Crippen molar-refractivity contribution in [1.29, 1.82) is 0 Å². The Labute approximate surface area is 232 Å². The number of imidazole rings is 1. The molecular formula is C30H32ClN5O3. The Morgan fingerprint density at radius 3 is 2.62 bits per heavy atom. The Bertz CT molecular complexity index is 1470. The second-order valence-electron chi connectivity index (χ2n) is 10.7. The predicted molar refractivity (Wildman–Crippen MR) is 151 cm³/mol. The Hall–Kier alpha value is -3.49. The molecule has 1 N–H and O–H groups in total. The maximum atomic E-state index is 12.1. The first kappa shape index (κ1) is 25.8. The number of aromatic nitrogens is 4. The number of fused-ring (bicyclic) bond motifs is 1. The molecular weight excluding hydrogens is 514 g/mol. The van der Waals surface area contributed by atoms with Crippen LogP contribution in [0.1, 0.15) is 54.7 Å². The van der Waals surface area contributed by atoms with Crippen molar-refractivity contribution < 1.29 is 14.6 Å². The molecule has 202 valence electrons. The van der Waals surface area contributed by atoms with Gasteiger partial charge < -0.3 is 19.3 Å². The van der Waals surface area contributed by atoms with Crippen LogP contribution in [0.2, 0.25) is 5.02 Å². The lowest BCUT2D eigenvalue weighted by Crippen LogP contribution is -2.41. The summed E-state index contributed by atoms with van der Waals surface area (Å²) in [4.78, 5) is 28.6. The zero-order chi connectivity index (χ0) is 26.9. The molecule has 6 rings (SSSR count). The Kier molecular flexibility index (Phi) is 7.23. The minimum atomic E-state index is -1.10. The van der Waals surface area contributed by atoms with Crippen molar-refractivity contribution in [2.45, 2.75) is 45.2 Å². The number of carboxylic acids is 1. The second-order valence-corrected chi connectivity index (χ2v) is 11.2. The second kappa shape index (κ2) is 10.9. The maximum Gasteiger partial charge on any atom is 0.354 e. The molecule has 39 heavy (non-hydrogen) atoms. The first-order chi connectivity index (χ1) is 19.0. The van der Waals surface area contributed by atoms with Crippen LogP contribution in [-0.4, -0.2) is 50.4 Å². The van der Waals surface area contributed by atoms with Crippen molar-refractivity contribution in [2.75, 3.05) is 24.7 Å². The lowest BCUT2D eigenvalue weighted by Gasteiger charge is -2.37. The van der Waals surface area contributed by atoms with Crippen molar-refractivity contribution in [1.82, 2.24) is 19.5 Å². The van der Waals surface area contributed by atoms with Gasteiger partial charge in [0, 0.05) is 19.3 Å². The number of rotatable bonds is 6. The molecule has 0 unspecified atom stereocenters. The van der Waals surface area contributed by atoms with Crippen molar-refractivity contribution >= 4 is 34.6 Å². The summed E-state index contributed by atoms with van der Waals surface area (Å²) in [5, 5.41) is 10.4. The van der Waals surface area contributed by atoms with Crippen molar-refractivity contribution in [2.24, 2.45) is 11.8 Å². The van der Waals surface area contributed by atoms with E-state index in [0.717, 1.165) is 42.3 Å². The first-order valence-corrected chi connectivity index (χ1v) is 14.0. The number of carboxylic acid groups (broad SMARTS) is 1. The number of halogens is 1. The zero-order valence-electron chi connectivity index (χ0n) is 22.0. The fourth-order valence-corrected chi connectivity index (χ4v) is 6.02. The Balaban J connectivity index is 1.55. The summed E-state index contributed by atoms with van der Waals surface area (Å²) >= 11 is 6.14. The van der Waals surface area contributed by atoms with E-state index in [2.05, 4.69) is 38.5 Å². The molecule has 0 spiro atoms. The summed E-state index contributed by atoms with van der Waals surface area (Å²) in [5.41, 5.74) is 3.59. The monoisotopic (exact) mass is 545 g/mol. The molecule has 9 heteroatoms. The summed E-state index contributed by atoms with van der Waals surface area (Å²) < 4.78 is 8.19. The molecule has 2 fully saturated rings. The van der Waals surface area contributed by atoms with Crippen molar-refractivity contribution in [3.8, 4) is 11.4 Å². The number of pyridine rings is 2. The van der Waals surface area contributed by atoms with Gasteiger partial charge in [-0.05, 0) is 48.4 Å². The number of aromatic carboxylic acids is 1. The predicted octanol–water partition coefficient (Wildman–Crippen LogP) is 6.25. The van der Waals surface area contributed by atoms with Crippen LogP contribution in [0.25, 0.3) is 22.4 Å². The molecule has 1 aromatic carbocycles. The highest BCUT2D eigenvalue weighted by atomic mass is 35.5. The Morgan fingerprint density at radius 1 is 1.10 bits per heavy atom. The minimum Gasteiger partial charge on any atom is -0.477 e. The number of hydrogen-bond acceptors (Lipinski definition) is 6. The molecule has 0 radical (unpaired) electrons. The summed E-state index contributed by atoms with van der Waals surface area (Å²) in [6.07, 6.45) is 6.30. The summed E-state index contributed by atoms with van der Waals surface area (Å²) in [7, 11) is 0. The molecule has 4 aromatic rings. The lowest BCUT2D eigenvalue weighted by atomic mass is 9.83. The van der Waals surface area contributed by atoms with Gasteiger partial charge in [-0.3, -0.25) is 4.98 Å². The van der Waals surface area contributed by atoms with E-state index in [9.17, 15) is 9.90 Å². The molecule has 1 saturated carbocycles. The molecule has 4 heterocycles. The van der Waals surface area contributed by atoms with Crippen molar-refractivity contribution in [3.05, 3.63) is 71.0 Å². The largest absolute Gasteiger partial charge is 0.477 e. The lowest BCUT2D eigenvalue weighted by molar-refractivity contribution is 0.0691. The molecule has 1 aliphatic carbocycles. The van der Waals surface area contributed by atoms with E-state index in [1.165, 1.54) is 12.8 Å². The molecule has 0 bridgehead atoms. The highest BCUT2D eigenvalue weighted by molar-refractivity contribution is 6.30. The highest BCUT2D eigenvalue weighted by Crippen LogP contribution is 2.38. The van der Waals surface area contributed by atoms with E-state index in [-0.39, 0.29) is 11.7 Å². The van der Waals surface area contributed by atoms with Crippen LogP contribution in [-0.2, 0) is 11.3 Å². The van der Waals surface area contributed by atoms with E-state index >= 15 is 0 Å². The first-order valence-electron chi connectivity index (χ1n) is 13.6. The fourth-order valence-electron chi connectivity index (χ4n) is 5.90. The molecule has 8 nitrogen and oxygen atoms in total. The van der Waals surface area contributed by atoms with Crippen LogP contribution >= 0.6 is 11.6 Å². The van der Waals surface area contributed by atoms with E-state index < -0.39 is 5.97 Å². The topological polar surface area (TPSA) is 93.4 Å². The number of hydrogen-bond donors (Lipinski definition) is 1. The van der Waals surface area contributed by atoms with Crippen LogP contribution in [0.5, 0.6) is 0 Å². The number of carbonyl (C=O) groups is 1. The molecule has 1 saturated heterocycles. The maximum absolute atomic E-state index is 12.1. The number of nitrogens with zero attached hydrogens (tertiary/aromatic N) is 5. The van der Waals surface area contributed by atoms with Gasteiger partial charge in [0.15, 0.2) is 5.69 Å². The quantitative estimate of drug-likeness (QED) is 0.306. The van der Waals surface area contributed by atoms with Gasteiger partial charge in [-0.1, -0.05) is 61.7 Å². The van der Waals surface area contributed by atoms with Gasteiger partial charge in [-0.15, -0.1) is 0 Å². The average molecular weight is 546 g/mol. The van der Waals surface area contributed by atoms with Gasteiger partial charge in [-0.25, -0.2) is 14.8 Å². The Morgan fingerprint density at radius 2 is 1.90 bits per heavy atom. The third-order valence-electron chi connectivity index (χ3n) is 8.04. The molecule has 3 aromatic heterocycles. The van der Waals surface area contributed by atoms with Gasteiger partial charge in [0.25, 0.3) is 0 Å². The third kappa shape index (κ3) is 5.23. The normalized spacial score (nSPS) is 21.8. The number of morpholine rings is 1. The average Bonchev–Trinajstić information content (AvgIpc) is 3.32. The van der Waals surface area contributed by atoms with Gasteiger partial charge in [0.05, 0.1) is 41.0 Å². The molecule has 1 aliphatic heterocycles. The van der Waals surface area contributed by atoms with Gasteiger partial charge in [0.2, 0.25) is 5.95 Å². The molecule has 0 amide bonds. The summed E-state index contributed by atoms with van der Waals surface area (Å²) in [6.45, 7) is 4.94. The van der Waals surface area contributed by atoms with E-state index in [1.54, 1.807) is 24.4 Å². The van der Waals surface area contributed by atoms with Crippen LogP contribution in [0.15, 0.2) is 54.7 Å². The zero-order valence-corrected chi connectivity index (χ0v) is 22.7. The number of benzene rings is 1. The van der Waals surface area contributed by atoms with Crippen molar-refractivity contribution in [3.63, 3.8) is 0 Å².